The molecule has 0 aromatic rings. The number of carbonyl (C=O) groups is 1. The zero-order chi connectivity index (χ0) is 11.5. The van der Waals surface area contributed by atoms with Crippen LogP contribution in [0.4, 0.5) is 0 Å². The van der Waals surface area contributed by atoms with Gasteiger partial charge in [0.25, 0.3) is 0 Å². The van der Waals surface area contributed by atoms with Crippen LogP contribution in [0.25, 0.3) is 0 Å². The largest absolute Gasteiger partial charge is 0.481 e. The van der Waals surface area contributed by atoms with Gasteiger partial charge in [-0.05, 0) is 13.0 Å². The molecule has 0 aromatic carbocycles. The topological polar surface area (TPSA) is 64.3 Å². The molecule has 0 saturated carbocycles. The van der Waals surface area contributed by atoms with E-state index in [4.69, 9.17) is 10.4 Å². The summed E-state index contributed by atoms with van der Waals surface area (Å²) >= 11 is 0. The molecule has 1 N–H and O–H groups in total. The summed E-state index contributed by atoms with van der Waals surface area (Å²) in [6.45, 7) is 3.80. The van der Waals surface area contributed by atoms with Crippen LogP contribution in [0.3, 0.4) is 0 Å². The average Bonchev–Trinajstić information content (AvgIpc) is 2.20. The maximum Gasteiger partial charge on any atom is 0.304 e. The van der Waals surface area contributed by atoms with E-state index in [2.05, 4.69) is 13.0 Å². The maximum absolute atomic E-state index is 10.4. The minimum Gasteiger partial charge on any atom is -0.481 e. The number of hydrogen-bond acceptors (Lipinski definition) is 3. The average molecular weight is 212 g/mol. The standard InChI is InChI=1S/C11H20N2O2/c1-2-3-4-5-8-13(10-7-12)9-6-11(14)15/h2-6,8-10H2,1H3,(H,14,15). The van der Waals surface area contributed by atoms with E-state index in [9.17, 15) is 4.79 Å². The Morgan fingerprint density at radius 1 is 1.33 bits per heavy atom. The van der Waals surface area contributed by atoms with Crippen molar-refractivity contribution in [2.45, 2.75) is 39.0 Å². The van der Waals surface area contributed by atoms with Gasteiger partial charge in [0.15, 0.2) is 0 Å². The molecule has 0 rings (SSSR count). The Morgan fingerprint density at radius 3 is 2.60 bits per heavy atom. The van der Waals surface area contributed by atoms with Crippen LogP contribution in [0.15, 0.2) is 0 Å². The second kappa shape index (κ2) is 9.47. The van der Waals surface area contributed by atoms with Gasteiger partial charge in [-0.25, -0.2) is 0 Å². The van der Waals surface area contributed by atoms with Gasteiger partial charge >= 0.3 is 5.97 Å². The Balaban J connectivity index is 3.63. The zero-order valence-electron chi connectivity index (χ0n) is 9.41. The van der Waals surface area contributed by atoms with Crippen molar-refractivity contribution in [3.63, 3.8) is 0 Å². The van der Waals surface area contributed by atoms with Crippen LogP contribution < -0.4 is 0 Å². The van der Waals surface area contributed by atoms with E-state index in [0.29, 0.717) is 13.1 Å². The van der Waals surface area contributed by atoms with Gasteiger partial charge < -0.3 is 5.11 Å². The Bertz CT molecular complexity index is 211. The fraction of sp³-hybridized carbons (Fsp3) is 0.818. The van der Waals surface area contributed by atoms with Gasteiger partial charge in [-0.3, -0.25) is 9.69 Å². The highest BCUT2D eigenvalue weighted by Crippen LogP contribution is 2.01. The van der Waals surface area contributed by atoms with Gasteiger partial charge in [0, 0.05) is 6.54 Å². The van der Waals surface area contributed by atoms with Crippen molar-refractivity contribution in [1.29, 1.82) is 5.26 Å². The van der Waals surface area contributed by atoms with E-state index in [0.717, 1.165) is 19.4 Å². The van der Waals surface area contributed by atoms with Crippen molar-refractivity contribution in [2.75, 3.05) is 19.6 Å². The molecule has 0 radical (unpaired) electrons. The second-order valence-electron chi connectivity index (χ2n) is 3.64. The second-order valence-corrected chi connectivity index (χ2v) is 3.64. The lowest BCUT2D eigenvalue weighted by Crippen LogP contribution is -2.27. The molecule has 15 heavy (non-hydrogen) atoms. The van der Waals surface area contributed by atoms with Crippen LogP contribution >= 0.6 is 0 Å². The molecule has 0 fully saturated rings. The Morgan fingerprint density at radius 2 is 2.07 bits per heavy atom. The molecule has 0 aliphatic heterocycles. The number of nitriles is 1. The number of unbranched alkanes of at least 4 members (excludes halogenated alkanes) is 3. The van der Waals surface area contributed by atoms with E-state index in [-0.39, 0.29) is 6.42 Å². The van der Waals surface area contributed by atoms with Gasteiger partial charge in [0.05, 0.1) is 19.0 Å². The first-order chi connectivity index (χ1) is 7.20. The fourth-order valence-electron chi connectivity index (χ4n) is 1.39. The highest BCUT2D eigenvalue weighted by molar-refractivity contribution is 5.66. The molecule has 0 spiro atoms. The summed E-state index contributed by atoms with van der Waals surface area (Å²) in [7, 11) is 0. The first kappa shape index (κ1) is 13.9. The summed E-state index contributed by atoms with van der Waals surface area (Å²) in [5.41, 5.74) is 0. The van der Waals surface area contributed by atoms with Crippen LogP contribution in [0.1, 0.15) is 39.0 Å². The number of carboxylic acid groups (broad SMARTS) is 1. The SMILES string of the molecule is CCCCCCN(CC#N)CCC(=O)O. The molecular weight excluding hydrogens is 192 g/mol. The number of aliphatic carboxylic acids is 1. The van der Waals surface area contributed by atoms with E-state index >= 15 is 0 Å². The van der Waals surface area contributed by atoms with Crippen molar-refractivity contribution < 1.29 is 9.90 Å². The molecule has 0 aliphatic rings. The third-order valence-corrected chi connectivity index (χ3v) is 2.26. The van der Waals surface area contributed by atoms with Gasteiger partial charge in [0.1, 0.15) is 0 Å². The van der Waals surface area contributed by atoms with Crippen LogP contribution in [0, 0.1) is 11.3 Å². The third kappa shape index (κ3) is 9.23. The third-order valence-electron chi connectivity index (χ3n) is 2.26. The van der Waals surface area contributed by atoms with Crippen LogP contribution in [-0.4, -0.2) is 35.6 Å². The molecule has 0 amide bonds. The van der Waals surface area contributed by atoms with Gasteiger partial charge in [0.2, 0.25) is 0 Å². The molecule has 0 heterocycles. The molecule has 4 heteroatoms. The highest BCUT2D eigenvalue weighted by Gasteiger charge is 2.06. The summed E-state index contributed by atoms with van der Waals surface area (Å²) in [4.78, 5) is 12.3. The van der Waals surface area contributed by atoms with Crippen molar-refractivity contribution >= 4 is 5.97 Å². The molecular formula is C11H20N2O2. The summed E-state index contributed by atoms with van der Waals surface area (Å²) in [5.74, 6) is -0.800. The molecule has 0 aromatic heterocycles. The predicted octanol–water partition coefficient (Wildman–Crippen LogP) is 1.87. The fourth-order valence-corrected chi connectivity index (χ4v) is 1.39. The Kier molecular flexibility index (Phi) is 8.79. The summed E-state index contributed by atoms with van der Waals surface area (Å²) < 4.78 is 0. The zero-order valence-corrected chi connectivity index (χ0v) is 9.41. The molecule has 0 saturated heterocycles. The van der Waals surface area contributed by atoms with Crippen LogP contribution in [-0.2, 0) is 4.79 Å². The quantitative estimate of drug-likeness (QED) is 0.468. The smallest absolute Gasteiger partial charge is 0.304 e. The highest BCUT2D eigenvalue weighted by atomic mass is 16.4. The number of carboxylic acids is 1. The lowest BCUT2D eigenvalue weighted by molar-refractivity contribution is -0.137. The molecule has 0 bridgehead atoms. The van der Waals surface area contributed by atoms with E-state index in [1.165, 1.54) is 12.8 Å². The Hall–Kier alpha value is -1.08. The van der Waals surface area contributed by atoms with Crippen molar-refractivity contribution in [1.82, 2.24) is 4.90 Å². The van der Waals surface area contributed by atoms with Crippen molar-refractivity contribution in [3.8, 4) is 6.07 Å². The monoisotopic (exact) mass is 212 g/mol. The first-order valence-electron chi connectivity index (χ1n) is 5.51. The van der Waals surface area contributed by atoms with E-state index < -0.39 is 5.97 Å². The minimum absolute atomic E-state index is 0.120. The van der Waals surface area contributed by atoms with Gasteiger partial charge in [-0.2, -0.15) is 5.26 Å². The lowest BCUT2D eigenvalue weighted by atomic mass is 10.2. The summed E-state index contributed by atoms with van der Waals surface area (Å²) in [5, 5.41) is 17.1. The Labute approximate surface area is 91.5 Å². The molecule has 86 valence electrons. The number of hydrogen-bond donors (Lipinski definition) is 1. The summed E-state index contributed by atoms with van der Waals surface area (Å²) in [6.07, 6.45) is 4.72. The molecule has 4 nitrogen and oxygen atoms in total. The first-order valence-corrected chi connectivity index (χ1v) is 5.51. The molecule has 0 atom stereocenters. The van der Waals surface area contributed by atoms with Crippen molar-refractivity contribution in [2.24, 2.45) is 0 Å². The lowest BCUT2D eigenvalue weighted by Gasteiger charge is -2.17. The number of rotatable bonds is 9. The number of nitrogens with zero attached hydrogens (tertiary/aromatic N) is 2. The molecule has 0 aliphatic carbocycles. The molecule has 0 unspecified atom stereocenters. The van der Waals surface area contributed by atoms with Crippen molar-refractivity contribution in [3.05, 3.63) is 0 Å². The normalized spacial score (nSPS) is 10.2. The summed E-state index contributed by atoms with van der Waals surface area (Å²) in [6, 6.07) is 2.07. The minimum atomic E-state index is -0.800. The maximum atomic E-state index is 10.4. The van der Waals surface area contributed by atoms with Gasteiger partial charge in [-0.1, -0.05) is 26.2 Å². The van der Waals surface area contributed by atoms with Gasteiger partial charge in [-0.15, -0.1) is 0 Å². The van der Waals surface area contributed by atoms with Crippen LogP contribution in [0.5, 0.6) is 0 Å². The van der Waals surface area contributed by atoms with Crippen LogP contribution in [0.2, 0.25) is 0 Å². The predicted molar refractivity (Wildman–Crippen MR) is 58.4 cm³/mol. The van der Waals surface area contributed by atoms with E-state index in [1.807, 2.05) is 4.90 Å². The van der Waals surface area contributed by atoms with E-state index in [1.54, 1.807) is 0 Å².